The van der Waals surface area contributed by atoms with Crippen LogP contribution in [-0.2, 0) is 0 Å². The first-order chi connectivity index (χ1) is 7.42. The van der Waals surface area contributed by atoms with Gasteiger partial charge < -0.3 is 4.57 Å². The minimum Gasteiger partial charge on any atom is -0.322 e. The number of hydrogen-bond donors (Lipinski definition) is 0. The molecule has 3 heteroatoms. The minimum atomic E-state index is 0.553. The fourth-order valence-corrected chi connectivity index (χ4v) is 3.39. The fourth-order valence-electron chi connectivity index (χ4n) is 2.35. The van der Waals surface area contributed by atoms with Crippen LogP contribution in [0.3, 0.4) is 0 Å². The van der Waals surface area contributed by atoms with E-state index in [-0.39, 0.29) is 0 Å². The summed E-state index contributed by atoms with van der Waals surface area (Å²) in [6.45, 7) is 2.25. The van der Waals surface area contributed by atoms with E-state index in [1.165, 1.54) is 35.4 Å². The Balaban J connectivity index is 2.03. The summed E-state index contributed by atoms with van der Waals surface area (Å²) in [5.74, 6) is 0. The Morgan fingerprint density at radius 3 is 3.33 bits per heavy atom. The standard InChI is InChI=1S/C12H14N2S/c1-2-3-4-10-12-9(5-6-15-12)11-7-13-8-14(10)11/h5-8,10H,2-4H2,1H3. The molecule has 1 aliphatic heterocycles. The molecule has 1 unspecified atom stereocenters. The fraction of sp³-hybridized carbons (Fsp3) is 0.417. The third-order valence-electron chi connectivity index (χ3n) is 3.11. The van der Waals surface area contributed by atoms with E-state index < -0.39 is 0 Å². The van der Waals surface area contributed by atoms with Crippen LogP contribution in [0.2, 0.25) is 0 Å². The summed E-state index contributed by atoms with van der Waals surface area (Å²) < 4.78 is 2.33. The Bertz CT molecular complexity index is 429. The van der Waals surface area contributed by atoms with Crippen molar-refractivity contribution in [1.29, 1.82) is 0 Å². The van der Waals surface area contributed by atoms with E-state index in [1.807, 2.05) is 23.9 Å². The Kier molecular flexibility index (Phi) is 2.13. The molecule has 2 nitrogen and oxygen atoms in total. The Hall–Kier alpha value is -1.09. The van der Waals surface area contributed by atoms with Crippen LogP contribution in [0, 0.1) is 0 Å². The molecular weight excluding hydrogens is 204 g/mol. The average molecular weight is 218 g/mol. The lowest BCUT2D eigenvalue weighted by molar-refractivity contribution is 0.540. The number of fused-ring (bicyclic) bond motifs is 3. The van der Waals surface area contributed by atoms with Gasteiger partial charge in [0, 0.05) is 10.4 Å². The number of nitrogens with zero attached hydrogens (tertiary/aromatic N) is 2. The number of unbranched alkanes of at least 4 members (excludes halogenated alkanes) is 1. The zero-order chi connectivity index (χ0) is 10.3. The highest BCUT2D eigenvalue weighted by Gasteiger charge is 2.28. The molecule has 0 spiro atoms. The normalized spacial score (nSPS) is 17.8. The lowest BCUT2D eigenvalue weighted by atomic mass is 10.1. The van der Waals surface area contributed by atoms with Gasteiger partial charge in [-0.1, -0.05) is 19.8 Å². The molecule has 78 valence electrons. The Morgan fingerprint density at radius 2 is 2.47 bits per heavy atom. The number of rotatable bonds is 3. The van der Waals surface area contributed by atoms with Crippen LogP contribution < -0.4 is 0 Å². The van der Waals surface area contributed by atoms with Gasteiger partial charge in [-0.15, -0.1) is 11.3 Å². The van der Waals surface area contributed by atoms with Crippen LogP contribution in [-0.4, -0.2) is 9.55 Å². The molecule has 0 fully saturated rings. The summed E-state index contributed by atoms with van der Waals surface area (Å²) in [5, 5.41) is 2.19. The van der Waals surface area contributed by atoms with Gasteiger partial charge in [0.2, 0.25) is 0 Å². The molecule has 0 N–H and O–H groups in total. The Labute approximate surface area is 93.6 Å². The summed E-state index contributed by atoms with van der Waals surface area (Å²) in [6, 6.07) is 2.77. The van der Waals surface area contributed by atoms with Gasteiger partial charge in [-0.05, 0) is 17.9 Å². The SMILES string of the molecule is CCCCC1c2sccc2-c2cncn21. The van der Waals surface area contributed by atoms with E-state index in [1.54, 1.807) is 0 Å². The number of aromatic nitrogens is 2. The van der Waals surface area contributed by atoms with Gasteiger partial charge in [0.05, 0.1) is 24.3 Å². The summed E-state index contributed by atoms with van der Waals surface area (Å²) in [4.78, 5) is 5.78. The molecule has 2 aromatic heterocycles. The zero-order valence-corrected chi connectivity index (χ0v) is 9.63. The van der Waals surface area contributed by atoms with Crippen molar-refractivity contribution in [3.63, 3.8) is 0 Å². The monoisotopic (exact) mass is 218 g/mol. The molecule has 0 saturated heterocycles. The van der Waals surface area contributed by atoms with E-state index in [0.717, 1.165) is 0 Å². The van der Waals surface area contributed by atoms with Crippen molar-refractivity contribution < 1.29 is 0 Å². The number of thiophene rings is 1. The highest BCUT2D eigenvalue weighted by Crippen LogP contribution is 2.44. The highest BCUT2D eigenvalue weighted by molar-refractivity contribution is 7.10. The molecule has 0 amide bonds. The van der Waals surface area contributed by atoms with Crippen molar-refractivity contribution in [1.82, 2.24) is 9.55 Å². The quantitative estimate of drug-likeness (QED) is 0.768. The van der Waals surface area contributed by atoms with E-state index >= 15 is 0 Å². The first-order valence-electron chi connectivity index (χ1n) is 5.51. The molecule has 3 rings (SSSR count). The lowest BCUT2D eigenvalue weighted by Crippen LogP contribution is -2.03. The maximum atomic E-state index is 4.25. The maximum Gasteiger partial charge on any atom is 0.0957 e. The van der Waals surface area contributed by atoms with Crippen molar-refractivity contribution in [3.05, 3.63) is 28.8 Å². The minimum absolute atomic E-state index is 0.553. The highest BCUT2D eigenvalue weighted by atomic mass is 32.1. The van der Waals surface area contributed by atoms with Gasteiger partial charge in [-0.2, -0.15) is 0 Å². The van der Waals surface area contributed by atoms with Gasteiger partial charge in [0.15, 0.2) is 0 Å². The molecule has 2 aromatic rings. The van der Waals surface area contributed by atoms with Crippen LogP contribution in [0.5, 0.6) is 0 Å². The van der Waals surface area contributed by atoms with Gasteiger partial charge >= 0.3 is 0 Å². The van der Waals surface area contributed by atoms with Crippen molar-refractivity contribution in [2.45, 2.75) is 32.2 Å². The number of hydrogen-bond acceptors (Lipinski definition) is 2. The van der Waals surface area contributed by atoms with Crippen LogP contribution in [0.15, 0.2) is 24.0 Å². The summed E-state index contributed by atoms with van der Waals surface area (Å²) in [7, 11) is 0. The first kappa shape index (κ1) is 9.16. The summed E-state index contributed by atoms with van der Waals surface area (Å²) in [6.07, 6.45) is 7.76. The van der Waals surface area contributed by atoms with E-state index in [0.29, 0.717) is 6.04 Å². The van der Waals surface area contributed by atoms with Gasteiger partial charge in [-0.3, -0.25) is 0 Å². The van der Waals surface area contributed by atoms with E-state index in [2.05, 4.69) is 27.9 Å². The molecular formula is C12H14N2S. The van der Waals surface area contributed by atoms with Crippen molar-refractivity contribution >= 4 is 11.3 Å². The van der Waals surface area contributed by atoms with E-state index in [4.69, 9.17) is 0 Å². The average Bonchev–Trinajstić information content (AvgIpc) is 2.88. The third-order valence-corrected chi connectivity index (χ3v) is 4.12. The second kappa shape index (κ2) is 3.49. The molecule has 0 aliphatic carbocycles. The molecule has 0 radical (unpaired) electrons. The summed E-state index contributed by atoms with van der Waals surface area (Å²) in [5.41, 5.74) is 2.70. The second-order valence-corrected chi connectivity index (χ2v) is 4.99. The van der Waals surface area contributed by atoms with Gasteiger partial charge in [0.1, 0.15) is 0 Å². The first-order valence-corrected chi connectivity index (χ1v) is 6.39. The predicted molar refractivity (Wildman–Crippen MR) is 63.2 cm³/mol. The largest absolute Gasteiger partial charge is 0.322 e. The maximum absolute atomic E-state index is 4.25. The van der Waals surface area contributed by atoms with Crippen molar-refractivity contribution in [3.8, 4) is 11.3 Å². The van der Waals surface area contributed by atoms with Crippen molar-refractivity contribution in [2.75, 3.05) is 0 Å². The molecule has 0 bridgehead atoms. The van der Waals surface area contributed by atoms with E-state index in [9.17, 15) is 0 Å². The van der Waals surface area contributed by atoms with Crippen LogP contribution in [0.25, 0.3) is 11.3 Å². The van der Waals surface area contributed by atoms with Crippen molar-refractivity contribution in [2.24, 2.45) is 0 Å². The molecule has 0 aromatic carbocycles. The zero-order valence-electron chi connectivity index (χ0n) is 8.81. The molecule has 3 heterocycles. The molecule has 1 aliphatic rings. The predicted octanol–water partition coefficient (Wildman–Crippen LogP) is 3.70. The van der Waals surface area contributed by atoms with Gasteiger partial charge in [-0.25, -0.2) is 4.98 Å². The molecule has 15 heavy (non-hydrogen) atoms. The smallest absolute Gasteiger partial charge is 0.0957 e. The molecule has 0 saturated carbocycles. The lowest BCUT2D eigenvalue weighted by Gasteiger charge is -2.12. The second-order valence-electron chi connectivity index (χ2n) is 4.04. The third kappa shape index (κ3) is 1.26. The molecule has 1 atom stereocenters. The van der Waals surface area contributed by atoms with Crippen LogP contribution in [0.1, 0.15) is 37.1 Å². The number of imidazole rings is 1. The van der Waals surface area contributed by atoms with Crippen LogP contribution >= 0.6 is 11.3 Å². The Morgan fingerprint density at radius 1 is 1.53 bits per heavy atom. The van der Waals surface area contributed by atoms with Gasteiger partial charge in [0.25, 0.3) is 0 Å². The topological polar surface area (TPSA) is 17.8 Å². The summed E-state index contributed by atoms with van der Waals surface area (Å²) >= 11 is 1.88. The van der Waals surface area contributed by atoms with Crippen LogP contribution in [0.4, 0.5) is 0 Å².